The number of hydrogen-bond acceptors (Lipinski definition) is 4. The van der Waals surface area contributed by atoms with E-state index >= 15 is 0 Å². The Kier molecular flexibility index (Phi) is 5.14. The summed E-state index contributed by atoms with van der Waals surface area (Å²) < 4.78 is 10.5. The molecular formula is C19H18ClN3O3. The van der Waals surface area contributed by atoms with Gasteiger partial charge in [-0.25, -0.2) is 4.98 Å². The summed E-state index contributed by atoms with van der Waals surface area (Å²) in [4.78, 5) is 20.2. The van der Waals surface area contributed by atoms with Crippen molar-refractivity contribution in [2.24, 2.45) is 0 Å². The molecule has 1 heterocycles. The minimum Gasteiger partial charge on any atom is -0.497 e. The Bertz CT molecular complexity index is 953. The predicted molar refractivity (Wildman–Crippen MR) is 101 cm³/mol. The number of halogens is 1. The number of benzene rings is 2. The first-order chi connectivity index (χ1) is 12.5. The molecule has 0 radical (unpaired) electrons. The number of nitrogens with zero attached hydrogens (tertiary/aromatic N) is 1. The highest BCUT2D eigenvalue weighted by Gasteiger charge is 2.18. The van der Waals surface area contributed by atoms with Gasteiger partial charge in [0.15, 0.2) is 0 Å². The van der Waals surface area contributed by atoms with Crippen LogP contribution in [0, 0.1) is 6.92 Å². The van der Waals surface area contributed by atoms with Crippen molar-refractivity contribution in [3.05, 3.63) is 58.9 Å². The molecule has 0 spiro atoms. The molecule has 6 nitrogen and oxygen atoms in total. The molecule has 0 fully saturated rings. The number of aromatic nitrogens is 2. The molecule has 2 N–H and O–H groups in total. The number of aryl methyl sites for hydroxylation is 1. The molecule has 0 aliphatic carbocycles. The molecule has 134 valence electrons. The lowest BCUT2D eigenvalue weighted by Gasteiger charge is -2.09. The van der Waals surface area contributed by atoms with Crippen LogP contribution in [0.4, 0.5) is 5.69 Å². The first-order valence-corrected chi connectivity index (χ1v) is 8.25. The Morgan fingerprint density at radius 1 is 1.15 bits per heavy atom. The second-order valence-electron chi connectivity index (χ2n) is 5.59. The highest BCUT2D eigenvalue weighted by Crippen LogP contribution is 2.29. The summed E-state index contributed by atoms with van der Waals surface area (Å²) in [5.41, 5.74) is 2.26. The van der Waals surface area contributed by atoms with Gasteiger partial charge in [-0.2, -0.15) is 0 Å². The molecule has 0 aliphatic heterocycles. The Hall–Kier alpha value is -2.99. The number of carbonyl (C=O) groups excluding carboxylic acids is 1. The third-order valence-electron chi connectivity index (χ3n) is 3.85. The number of carbonyl (C=O) groups is 1. The Balaban J connectivity index is 1.89. The van der Waals surface area contributed by atoms with Crippen LogP contribution in [0.3, 0.4) is 0 Å². The molecule has 1 aromatic heterocycles. The third-order valence-corrected chi connectivity index (χ3v) is 4.09. The van der Waals surface area contributed by atoms with Gasteiger partial charge < -0.3 is 19.8 Å². The van der Waals surface area contributed by atoms with E-state index in [1.165, 1.54) is 7.11 Å². The van der Waals surface area contributed by atoms with Crippen molar-refractivity contribution >= 4 is 23.2 Å². The maximum Gasteiger partial charge on any atom is 0.276 e. The lowest BCUT2D eigenvalue weighted by molar-refractivity contribution is 0.102. The average molecular weight is 372 g/mol. The predicted octanol–water partition coefficient (Wildman–Crippen LogP) is 4.31. The molecule has 0 bridgehead atoms. The van der Waals surface area contributed by atoms with E-state index in [1.807, 2.05) is 24.3 Å². The van der Waals surface area contributed by atoms with Crippen LogP contribution in [0.25, 0.3) is 11.4 Å². The number of imidazole rings is 1. The molecule has 3 aromatic rings. The van der Waals surface area contributed by atoms with Crippen LogP contribution in [0.2, 0.25) is 5.02 Å². The number of nitrogens with one attached hydrogen (secondary N) is 2. The molecule has 7 heteroatoms. The normalized spacial score (nSPS) is 10.5. The van der Waals surface area contributed by atoms with Crippen LogP contribution in [-0.2, 0) is 0 Å². The van der Waals surface area contributed by atoms with Gasteiger partial charge in [0.1, 0.15) is 23.0 Å². The molecule has 0 saturated heterocycles. The number of ether oxygens (including phenoxy) is 2. The van der Waals surface area contributed by atoms with Crippen LogP contribution in [-0.4, -0.2) is 30.1 Å². The number of amides is 1. The summed E-state index contributed by atoms with van der Waals surface area (Å²) in [6.07, 6.45) is 0. The second-order valence-corrected chi connectivity index (χ2v) is 6.03. The first kappa shape index (κ1) is 17.8. The van der Waals surface area contributed by atoms with E-state index in [0.717, 1.165) is 5.56 Å². The fraction of sp³-hybridized carbons (Fsp3) is 0.158. The van der Waals surface area contributed by atoms with E-state index in [0.29, 0.717) is 39.4 Å². The van der Waals surface area contributed by atoms with Crippen molar-refractivity contribution in [2.45, 2.75) is 6.92 Å². The fourth-order valence-corrected chi connectivity index (χ4v) is 2.72. The van der Waals surface area contributed by atoms with E-state index in [9.17, 15) is 4.79 Å². The second kappa shape index (κ2) is 7.49. The number of H-pyrrole nitrogens is 1. The molecule has 0 aliphatic rings. The summed E-state index contributed by atoms with van der Waals surface area (Å²) >= 11 is 6.01. The SMILES string of the molecule is COc1cccc(-c2nc(C(=O)Nc3cc(Cl)ccc3OC)c(C)[nH]2)c1. The summed E-state index contributed by atoms with van der Waals surface area (Å²) in [7, 11) is 3.13. The summed E-state index contributed by atoms with van der Waals surface area (Å²) in [6.45, 7) is 1.79. The largest absolute Gasteiger partial charge is 0.497 e. The van der Waals surface area contributed by atoms with Crippen LogP contribution in [0.15, 0.2) is 42.5 Å². The van der Waals surface area contributed by atoms with Crippen molar-refractivity contribution in [3.63, 3.8) is 0 Å². The maximum atomic E-state index is 12.7. The van der Waals surface area contributed by atoms with Crippen molar-refractivity contribution < 1.29 is 14.3 Å². The standard InChI is InChI=1S/C19H18ClN3O3/c1-11-17(19(24)22-15-10-13(20)7-8-16(15)26-3)23-18(21-11)12-5-4-6-14(9-12)25-2/h4-10H,1-3H3,(H,21,23)(H,22,24). The number of anilines is 1. The summed E-state index contributed by atoms with van der Waals surface area (Å²) in [5.74, 6) is 1.47. The van der Waals surface area contributed by atoms with Gasteiger partial charge in [-0.05, 0) is 37.3 Å². The van der Waals surface area contributed by atoms with Gasteiger partial charge in [-0.15, -0.1) is 0 Å². The van der Waals surface area contributed by atoms with E-state index < -0.39 is 0 Å². The zero-order valence-corrected chi connectivity index (χ0v) is 15.3. The third kappa shape index (κ3) is 3.65. The van der Waals surface area contributed by atoms with Gasteiger partial charge in [-0.3, -0.25) is 4.79 Å². The van der Waals surface area contributed by atoms with Crippen molar-refractivity contribution in [2.75, 3.05) is 19.5 Å². The minimum atomic E-state index is -0.353. The summed E-state index contributed by atoms with van der Waals surface area (Å²) in [6, 6.07) is 12.5. The van der Waals surface area contributed by atoms with E-state index in [1.54, 1.807) is 32.2 Å². The number of hydrogen-bond donors (Lipinski definition) is 2. The van der Waals surface area contributed by atoms with Crippen molar-refractivity contribution in [1.29, 1.82) is 0 Å². The lowest BCUT2D eigenvalue weighted by Crippen LogP contribution is -2.14. The van der Waals surface area contributed by atoms with Gasteiger partial charge in [0.2, 0.25) is 0 Å². The molecule has 3 rings (SSSR count). The Morgan fingerprint density at radius 3 is 2.69 bits per heavy atom. The monoisotopic (exact) mass is 371 g/mol. The fourth-order valence-electron chi connectivity index (χ4n) is 2.55. The van der Waals surface area contributed by atoms with Crippen LogP contribution >= 0.6 is 11.6 Å². The van der Waals surface area contributed by atoms with Crippen molar-refractivity contribution in [3.8, 4) is 22.9 Å². The molecule has 26 heavy (non-hydrogen) atoms. The van der Waals surface area contributed by atoms with Crippen molar-refractivity contribution in [1.82, 2.24) is 9.97 Å². The Morgan fingerprint density at radius 2 is 1.96 bits per heavy atom. The van der Waals surface area contributed by atoms with Gasteiger partial charge in [0.25, 0.3) is 5.91 Å². The van der Waals surface area contributed by atoms with Crippen LogP contribution in [0.1, 0.15) is 16.2 Å². The highest BCUT2D eigenvalue weighted by atomic mass is 35.5. The molecular weight excluding hydrogens is 354 g/mol. The van der Waals surface area contributed by atoms with Crippen LogP contribution < -0.4 is 14.8 Å². The van der Waals surface area contributed by atoms with Gasteiger partial charge in [0.05, 0.1) is 19.9 Å². The lowest BCUT2D eigenvalue weighted by atomic mass is 10.2. The van der Waals surface area contributed by atoms with E-state index in [2.05, 4.69) is 15.3 Å². The molecule has 0 atom stereocenters. The van der Waals surface area contributed by atoms with E-state index in [-0.39, 0.29) is 5.91 Å². The first-order valence-electron chi connectivity index (χ1n) is 7.87. The maximum absolute atomic E-state index is 12.7. The smallest absolute Gasteiger partial charge is 0.276 e. The average Bonchev–Trinajstić information content (AvgIpc) is 3.04. The van der Waals surface area contributed by atoms with Gasteiger partial charge in [0, 0.05) is 16.3 Å². The summed E-state index contributed by atoms with van der Waals surface area (Å²) in [5, 5.41) is 3.29. The molecule has 0 unspecified atom stereocenters. The van der Waals surface area contributed by atoms with Gasteiger partial charge in [-0.1, -0.05) is 23.7 Å². The van der Waals surface area contributed by atoms with Crippen LogP contribution in [0.5, 0.6) is 11.5 Å². The topological polar surface area (TPSA) is 76.2 Å². The van der Waals surface area contributed by atoms with Gasteiger partial charge >= 0.3 is 0 Å². The number of rotatable bonds is 5. The quantitative estimate of drug-likeness (QED) is 0.700. The molecule has 1 amide bonds. The minimum absolute atomic E-state index is 0.296. The zero-order chi connectivity index (χ0) is 18.7. The number of aromatic amines is 1. The molecule has 2 aromatic carbocycles. The molecule has 0 saturated carbocycles. The number of methoxy groups -OCH3 is 2. The zero-order valence-electron chi connectivity index (χ0n) is 14.6. The highest BCUT2D eigenvalue weighted by molar-refractivity contribution is 6.31. The van der Waals surface area contributed by atoms with E-state index in [4.69, 9.17) is 21.1 Å². The Labute approximate surface area is 156 Å².